The molecule has 1 saturated heterocycles. The number of carboxylic acid groups (broad SMARTS) is 1. The van der Waals surface area contributed by atoms with Crippen LogP contribution >= 0.6 is 0 Å². The maximum atomic E-state index is 11.3. The number of aliphatic hydroxyl groups excluding tert-OH is 1. The van der Waals surface area contributed by atoms with Crippen LogP contribution in [0, 0.1) is 17.3 Å². The van der Waals surface area contributed by atoms with E-state index in [0.717, 1.165) is 25.8 Å². The maximum Gasteiger partial charge on any atom is 0.308 e. The number of piperidine rings is 1. The van der Waals surface area contributed by atoms with Crippen LogP contribution in [0.1, 0.15) is 26.2 Å². The number of hydrogen-bond acceptors (Lipinski definition) is 3. The smallest absolute Gasteiger partial charge is 0.308 e. The van der Waals surface area contributed by atoms with E-state index < -0.39 is 5.97 Å². The number of carbonyl (C=O) groups is 1. The van der Waals surface area contributed by atoms with E-state index in [0.29, 0.717) is 19.0 Å². The number of hydrogen-bond donors (Lipinski definition) is 2. The SMILES string of the molecule is CCC1CN(CCO)CC(C(=O)O)C12CC2. The second-order valence-corrected chi connectivity index (χ2v) is 5.21. The molecule has 0 radical (unpaired) electrons. The van der Waals surface area contributed by atoms with Crippen molar-refractivity contribution in [2.45, 2.75) is 26.2 Å². The lowest BCUT2D eigenvalue weighted by molar-refractivity contribution is -0.149. The summed E-state index contributed by atoms with van der Waals surface area (Å²) in [5, 5.41) is 18.3. The van der Waals surface area contributed by atoms with Crippen LogP contribution in [-0.2, 0) is 4.79 Å². The zero-order valence-electron chi connectivity index (χ0n) is 9.85. The summed E-state index contributed by atoms with van der Waals surface area (Å²) in [5.41, 5.74) is 0.0898. The molecule has 0 bridgehead atoms. The van der Waals surface area contributed by atoms with E-state index in [-0.39, 0.29) is 17.9 Å². The molecule has 2 aliphatic rings. The molecule has 2 atom stereocenters. The predicted molar refractivity (Wildman–Crippen MR) is 60.1 cm³/mol. The first kappa shape index (κ1) is 11.9. The van der Waals surface area contributed by atoms with E-state index in [4.69, 9.17) is 5.11 Å². The van der Waals surface area contributed by atoms with Crippen LogP contribution in [0.2, 0.25) is 0 Å². The number of nitrogens with zero attached hydrogens (tertiary/aromatic N) is 1. The van der Waals surface area contributed by atoms with Crippen molar-refractivity contribution in [2.24, 2.45) is 17.3 Å². The van der Waals surface area contributed by atoms with E-state index in [1.54, 1.807) is 0 Å². The van der Waals surface area contributed by atoms with Crippen LogP contribution in [0.5, 0.6) is 0 Å². The van der Waals surface area contributed by atoms with E-state index >= 15 is 0 Å². The highest BCUT2D eigenvalue weighted by Gasteiger charge is 2.59. The van der Waals surface area contributed by atoms with E-state index in [9.17, 15) is 9.90 Å². The first-order valence-electron chi connectivity index (χ1n) is 6.20. The molecule has 1 aliphatic carbocycles. The minimum Gasteiger partial charge on any atom is -0.481 e. The Balaban J connectivity index is 2.12. The first-order valence-corrected chi connectivity index (χ1v) is 6.20. The third-order valence-electron chi connectivity index (χ3n) is 4.46. The maximum absolute atomic E-state index is 11.3. The van der Waals surface area contributed by atoms with Gasteiger partial charge in [-0.25, -0.2) is 0 Å². The van der Waals surface area contributed by atoms with Gasteiger partial charge in [0.15, 0.2) is 0 Å². The summed E-state index contributed by atoms with van der Waals surface area (Å²) in [6.45, 7) is 4.45. The molecule has 2 N–H and O–H groups in total. The summed E-state index contributed by atoms with van der Waals surface area (Å²) in [5.74, 6) is -0.384. The normalized spacial score (nSPS) is 32.9. The quantitative estimate of drug-likeness (QED) is 0.746. The zero-order chi connectivity index (χ0) is 11.8. The predicted octanol–water partition coefficient (Wildman–Crippen LogP) is 0.801. The van der Waals surface area contributed by atoms with Gasteiger partial charge in [0.25, 0.3) is 0 Å². The molecule has 1 saturated carbocycles. The van der Waals surface area contributed by atoms with Crippen molar-refractivity contribution in [3.05, 3.63) is 0 Å². The molecule has 1 heterocycles. The highest BCUT2D eigenvalue weighted by atomic mass is 16.4. The average molecular weight is 227 g/mol. The minimum absolute atomic E-state index is 0.0898. The summed E-state index contributed by atoms with van der Waals surface area (Å²) in [6.07, 6.45) is 3.20. The summed E-state index contributed by atoms with van der Waals surface area (Å²) < 4.78 is 0. The first-order chi connectivity index (χ1) is 7.64. The van der Waals surface area contributed by atoms with E-state index in [1.165, 1.54) is 0 Å². The van der Waals surface area contributed by atoms with Crippen LogP contribution in [0.3, 0.4) is 0 Å². The van der Waals surface area contributed by atoms with E-state index in [2.05, 4.69) is 11.8 Å². The molecule has 16 heavy (non-hydrogen) atoms. The Morgan fingerprint density at radius 1 is 1.44 bits per heavy atom. The van der Waals surface area contributed by atoms with Gasteiger partial charge in [-0.2, -0.15) is 0 Å². The fourth-order valence-corrected chi connectivity index (χ4v) is 3.38. The highest BCUT2D eigenvalue weighted by molar-refractivity contribution is 5.72. The Morgan fingerprint density at radius 2 is 2.12 bits per heavy atom. The van der Waals surface area contributed by atoms with Crippen LogP contribution in [0.15, 0.2) is 0 Å². The van der Waals surface area contributed by atoms with Crippen LogP contribution in [0.25, 0.3) is 0 Å². The zero-order valence-corrected chi connectivity index (χ0v) is 9.85. The van der Waals surface area contributed by atoms with Crippen molar-refractivity contribution in [1.82, 2.24) is 4.90 Å². The van der Waals surface area contributed by atoms with Gasteiger partial charge in [-0.05, 0) is 24.2 Å². The van der Waals surface area contributed by atoms with Gasteiger partial charge < -0.3 is 10.2 Å². The Morgan fingerprint density at radius 3 is 2.56 bits per heavy atom. The summed E-state index contributed by atoms with van der Waals surface area (Å²) >= 11 is 0. The highest BCUT2D eigenvalue weighted by Crippen LogP contribution is 2.60. The summed E-state index contributed by atoms with van der Waals surface area (Å²) in [4.78, 5) is 13.4. The van der Waals surface area contributed by atoms with Gasteiger partial charge in [0.1, 0.15) is 0 Å². The van der Waals surface area contributed by atoms with Crippen molar-refractivity contribution in [3.8, 4) is 0 Å². The Kier molecular flexibility index (Phi) is 3.22. The monoisotopic (exact) mass is 227 g/mol. The van der Waals surface area contributed by atoms with Gasteiger partial charge in [-0.15, -0.1) is 0 Å². The Bertz CT molecular complexity index is 275. The number of β-amino-alcohol motifs (C(OH)–C–C–N with tert-alkyl or cyclic N) is 1. The van der Waals surface area contributed by atoms with E-state index in [1.807, 2.05) is 0 Å². The van der Waals surface area contributed by atoms with Crippen LogP contribution in [0.4, 0.5) is 0 Å². The van der Waals surface area contributed by atoms with Crippen molar-refractivity contribution in [2.75, 3.05) is 26.2 Å². The number of rotatable bonds is 4. The fraction of sp³-hybridized carbons (Fsp3) is 0.917. The van der Waals surface area contributed by atoms with Crippen molar-refractivity contribution in [1.29, 1.82) is 0 Å². The summed E-state index contributed by atoms with van der Waals surface area (Å²) in [6, 6.07) is 0. The Labute approximate surface area is 96.3 Å². The molecule has 0 amide bonds. The third kappa shape index (κ3) is 1.84. The second-order valence-electron chi connectivity index (χ2n) is 5.21. The molecular weight excluding hydrogens is 206 g/mol. The lowest BCUT2D eigenvalue weighted by Gasteiger charge is -2.42. The largest absolute Gasteiger partial charge is 0.481 e. The third-order valence-corrected chi connectivity index (χ3v) is 4.46. The second kappa shape index (κ2) is 4.34. The summed E-state index contributed by atoms with van der Waals surface area (Å²) in [7, 11) is 0. The van der Waals surface area contributed by atoms with Gasteiger partial charge in [0.2, 0.25) is 0 Å². The van der Waals surface area contributed by atoms with Gasteiger partial charge in [-0.3, -0.25) is 9.69 Å². The average Bonchev–Trinajstić information content (AvgIpc) is 3.02. The van der Waals surface area contributed by atoms with Gasteiger partial charge in [-0.1, -0.05) is 13.3 Å². The fourth-order valence-electron chi connectivity index (χ4n) is 3.38. The molecule has 2 rings (SSSR count). The molecule has 0 aromatic rings. The minimum atomic E-state index is -0.654. The van der Waals surface area contributed by atoms with Crippen LogP contribution < -0.4 is 0 Å². The lowest BCUT2D eigenvalue weighted by Crippen LogP contribution is -2.50. The molecule has 2 unspecified atom stereocenters. The van der Waals surface area contributed by atoms with Crippen LogP contribution in [-0.4, -0.2) is 47.3 Å². The van der Waals surface area contributed by atoms with Crippen molar-refractivity contribution < 1.29 is 15.0 Å². The molecule has 4 nitrogen and oxygen atoms in total. The molecular formula is C12H21NO3. The molecule has 1 aliphatic heterocycles. The van der Waals surface area contributed by atoms with Gasteiger partial charge in [0.05, 0.1) is 12.5 Å². The lowest BCUT2D eigenvalue weighted by atomic mass is 9.73. The molecule has 92 valence electrons. The molecule has 2 fully saturated rings. The number of aliphatic hydroxyl groups is 1. The molecule has 0 aromatic heterocycles. The van der Waals surface area contributed by atoms with Crippen molar-refractivity contribution >= 4 is 5.97 Å². The molecule has 1 spiro atoms. The van der Waals surface area contributed by atoms with Crippen molar-refractivity contribution in [3.63, 3.8) is 0 Å². The number of likely N-dealkylation sites (tertiary alicyclic amines) is 1. The Hall–Kier alpha value is -0.610. The molecule has 0 aromatic carbocycles. The molecule has 4 heteroatoms. The standard InChI is InChI=1S/C12H21NO3/c1-2-9-7-13(5-6-14)8-10(11(15)16)12(9)3-4-12/h9-10,14H,2-8H2,1H3,(H,15,16). The topological polar surface area (TPSA) is 60.8 Å². The van der Waals surface area contributed by atoms with Gasteiger partial charge in [0, 0.05) is 19.6 Å². The number of carboxylic acids is 1. The van der Waals surface area contributed by atoms with Gasteiger partial charge >= 0.3 is 5.97 Å². The number of aliphatic carboxylic acids is 1.